The van der Waals surface area contributed by atoms with Crippen LogP contribution in [0.1, 0.15) is 18.4 Å². The maximum atomic E-state index is 11.5. The Labute approximate surface area is 92.6 Å². The monoisotopic (exact) mass is 226 g/mol. The molecule has 0 bridgehead atoms. The second kappa shape index (κ2) is 3.51. The minimum atomic E-state index is -1.13. The molecule has 0 spiro atoms. The summed E-state index contributed by atoms with van der Waals surface area (Å²) in [5.41, 5.74) is -0.405. The summed E-state index contributed by atoms with van der Waals surface area (Å²) in [6.07, 6.45) is 0. The lowest BCUT2D eigenvalue weighted by Gasteiger charge is -2.20. The minimum Gasteiger partial charge on any atom is -0.462 e. The predicted molar refractivity (Wildman–Crippen MR) is 55.8 cm³/mol. The Morgan fingerprint density at radius 3 is 2.53 bits per heavy atom. The van der Waals surface area contributed by atoms with Crippen molar-refractivity contribution in [3.05, 3.63) is 34.9 Å². The second-order valence-electron chi connectivity index (χ2n) is 3.95. The van der Waals surface area contributed by atoms with Crippen molar-refractivity contribution in [3.8, 4) is 0 Å². The first-order chi connectivity index (χ1) is 7.00. The first-order valence-electron chi connectivity index (χ1n) is 4.65. The van der Waals surface area contributed by atoms with Crippen LogP contribution in [0.4, 0.5) is 0 Å². The highest BCUT2D eigenvalue weighted by atomic mass is 35.5. The molecule has 0 aromatic heterocycles. The van der Waals surface area contributed by atoms with Crippen LogP contribution in [0.2, 0.25) is 5.02 Å². The molecule has 15 heavy (non-hydrogen) atoms. The maximum Gasteiger partial charge on any atom is 0.316 e. The molecule has 1 saturated heterocycles. The quantitative estimate of drug-likeness (QED) is 0.742. The molecule has 0 saturated carbocycles. The van der Waals surface area contributed by atoms with Crippen LogP contribution in [0, 0.1) is 0 Å². The number of ether oxygens (including phenoxy) is 1. The molecule has 0 amide bonds. The molecule has 2 atom stereocenters. The van der Waals surface area contributed by atoms with Gasteiger partial charge in [-0.1, -0.05) is 23.7 Å². The Hall–Kier alpha value is -1.06. The van der Waals surface area contributed by atoms with Gasteiger partial charge in [-0.2, -0.15) is 0 Å². The molecular weight excluding hydrogens is 216 g/mol. The molecule has 2 rings (SSSR count). The summed E-state index contributed by atoms with van der Waals surface area (Å²) in [4.78, 5) is 11.5. The van der Waals surface area contributed by atoms with E-state index in [2.05, 4.69) is 0 Å². The fourth-order valence-corrected chi connectivity index (χ4v) is 1.91. The summed E-state index contributed by atoms with van der Waals surface area (Å²) < 4.78 is 4.84. The lowest BCUT2D eigenvalue weighted by molar-refractivity contribution is -0.139. The Bertz CT molecular complexity index is 383. The van der Waals surface area contributed by atoms with Crippen molar-refractivity contribution >= 4 is 17.6 Å². The molecule has 1 N–H and O–H groups in total. The Kier molecular flexibility index (Phi) is 2.44. The third-order valence-corrected chi connectivity index (χ3v) is 2.82. The standard InChI is InChI=1S/C11H11ClO3/c1-11(14)6-15-10(13)9(11)7-2-4-8(12)5-3-7/h2-5,9,14H,6H2,1H3. The number of esters is 1. The van der Waals surface area contributed by atoms with Crippen molar-refractivity contribution in [2.45, 2.75) is 18.4 Å². The van der Waals surface area contributed by atoms with E-state index in [0.717, 1.165) is 5.56 Å². The van der Waals surface area contributed by atoms with Gasteiger partial charge in [-0.3, -0.25) is 4.79 Å². The number of carbonyl (C=O) groups is 1. The summed E-state index contributed by atoms with van der Waals surface area (Å²) >= 11 is 5.75. The summed E-state index contributed by atoms with van der Waals surface area (Å²) in [5.74, 6) is -1.00. The number of benzene rings is 1. The fraction of sp³-hybridized carbons (Fsp3) is 0.364. The van der Waals surface area contributed by atoms with E-state index in [1.807, 2.05) is 0 Å². The van der Waals surface area contributed by atoms with Crippen LogP contribution in [0.25, 0.3) is 0 Å². The molecule has 0 aliphatic carbocycles. The normalized spacial score (nSPS) is 30.3. The van der Waals surface area contributed by atoms with Crippen LogP contribution >= 0.6 is 11.6 Å². The number of halogens is 1. The van der Waals surface area contributed by atoms with Gasteiger partial charge in [0.2, 0.25) is 0 Å². The first kappa shape index (κ1) is 10.5. The molecule has 0 radical (unpaired) electrons. The molecule has 1 aliphatic rings. The molecule has 1 aliphatic heterocycles. The molecule has 3 nitrogen and oxygen atoms in total. The molecule has 1 heterocycles. The number of hydrogen-bond donors (Lipinski definition) is 1. The summed E-state index contributed by atoms with van der Waals surface area (Å²) in [7, 11) is 0. The van der Waals surface area contributed by atoms with Crippen LogP contribution in [0.5, 0.6) is 0 Å². The van der Waals surface area contributed by atoms with Gasteiger partial charge in [-0.25, -0.2) is 0 Å². The predicted octanol–water partition coefficient (Wildman–Crippen LogP) is 1.73. The fourth-order valence-electron chi connectivity index (χ4n) is 1.79. The summed E-state index contributed by atoms with van der Waals surface area (Å²) in [5, 5.41) is 10.6. The SMILES string of the molecule is CC1(O)COC(=O)C1c1ccc(Cl)cc1. The number of carbonyl (C=O) groups excluding carboxylic acids is 1. The maximum absolute atomic E-state index is 11.5. The van der Waals surface area contributed by atoms with Crippen molar-refractivity contribution in [2.75, 3.05) is 6.61 Å². The van der Waals surface area contributed by atoms with Crippen molar-refractivity contribution in [1.29, 1.82) is 0 Å². The van der Waals surface area contributed by atoms with Crippen LogP contribution < -0.4 is 0 Å². The first-order valence-corrected chi connectivity index (χ1v) is 5.03. The summed E-state index contributed by atoms with van der Waals surface area (Å²) in [6.45, 7) is 1.64. The van der Waals surface area contributed by atoms with Crippen molar-refractivity contribution in [2.24, 2.45) is 0 Å². The minimum absolute atomic E-state index is 0.0408. The zero-order valence-electron chi connectivity index (χ0n) is 8.24. The van der Waals surface area contributed by atoms with Gasteiger partial charge in [0.1, 0.15) is 18.1 Å². The van der Waals surface area contributed by atoms with E-state index < -0.39 is 11.5 Å². The third-order valence-electron chi connectivity index (χ3n) is 2.57. The number of cyclic esters (lactones) is 1. The number of hydrogen-bond acceptors (Lipinski definition) is 3. The third kappa shape index (κ3) is 1.85. The molecule has 4 heteroatoms. The zero-order chi connectivity index (χ0) is 11.1. The lowest BCUT2D eigenvalue weighted by atomic mass is 9.86. The van der Waals surface area contributed by atoms with E-state index in [-0.39, 0.29) is 12.6 Å². The number of aliphatic hydroxyl groups is 1. The van der Waals surface area contributed by atoms with Crippen LogP contribution in [-0.4, -0.2) is 23.3 Å². The van der Waals surface area contributed by atoms with E-state index in [1.165, 1.54) is 0 Å². The van der Waals surface area contributed by atoms with Gasteiger partial charge in [-0.15, -0.1) is 0 Å². The van der Waals surface area contributed by atoms with E-state index in [4.69, 9.17) is 16.3 Å². The molecule has 80 valence electrons. The molecular formula is C11H11ClO3. The molecule has 1 fully saturated rings. The Balaban J connectivity index is 2.37. The van der Waals surface area contributed by atoms with Gasteiger partial charge < -0.3 is 9.84 Å². The van der Waals surface area contributed by atoms with E-state index in [9.17, 15) is 9.90 Å². The van der Waals surface area contributed by atoms with Gasteiger partial charge in [0.25, 0.3) is 0 Å². The smallest absolute Gasteiger partial charge is 0.316 e. The van der Waals surface area contributed by atoms with E-state index in [0.29, 0.717) is 5.02 Å². The topological polar surface area (TPSA) is 46.5 Å². The lowest BCUT2D eigenvalue weighted by Crippen LogP contribution is -2.32. The highest BCUT2D eigenvalue weighted by Gasteiger charge is 2.46. The van der Waals surface area contributed by atoms with Crippen molar-refractivity contribution in [1.82, 2.24) is 0 Å². The van der Waals surface area contributed by atoms with E-state index in [1.54, 1.807) is 31.2 Å². The Morgan fingerprint density at radius 2 is 2.07 bits per heavy atom. The molecule has 2 unspecified atom stereocenters. The van der Waals surface area contributed by atoms with Crippen molar-refractivity contribution in [3.63, 3.8) is 0 Å². The average molecular weight is 227 g/mol. The van der Waals surface area contributed by atoms with Crippen molar-refractivity contribution < 1.29 is 14.6 Å². The van der Waals surface area contributed by atoms with Crippen LogP contribution in [-0.2, 0) is 9.53 Å². The second-order valence-corrected chi connectivity index (χ2v) is 4.39. The molecule has 1 aromatic rings. The van der Waals surface area contributed by atoms with Gasteiger partial charge in [0.15, 0.2) is 0 Å². The summed E-state index contributed by atoms with van der Waals surface area (Å²) in [6, 6.07) is 6.85. The molecule has 1 aromatic carbocycles. The average Bonchev–Trinajstić information content (AvgIpc) is 2.43. The largest absolute Gasteiger partial charge is 0.462 e. The van der Waals surface area contributed by atoms with Crippen LogP contribution in [0.3, 0.4) is 0 Å². The Morgan fingerprint density at radius 1 is 1.47 bits per heavy atom. The van der Waals surface area contributed by atoms with Gasteiger partial charge in [0, 0.05) is 5.02 Å². The van der Waals surface area contributed by atoms with Crippen LogP contribution in [0.15, 0.2) is 24.3 Å². The highest BCUT2D eigenvalue weighted by molar-refractivity contribution is 6.30. The van der Waals surface area contributed by atoms with Gasteiger partial charge in [0.05, 0.1) is 0 Å². The van der Waals surface area contributed by atoms with E-state index >= 15 is 0 Å². The number of rotatable bonds is 1. The van der Waals surface area contributed by atoms with Gasteiger partial charge in [-0.05, 0) is 24.6 Å². The highest BCUT2D eigenvalue weighted by Crippen LogP contribution is 2.35. The van der Waals surface area contributed by atoms with Gasteiger partial charge >= 0.3 is 5.97 Å². The zero-order valence-corrected chi connectivity index (χ0v) is 8.99.